The molecular weight excluding hydrogens is 360 g/mol. The third-order valence-electron chi connectivity index (χ3n) is 4.60. The van der Waals surface area contributed by atoms with Gasteiger partial charge in [0, 0.05) is 12.6 Å². The molecule has 0 saturated carbocycles. The van der Waals surface area contributed by atoms with Crippen molar-refractivity contribution in [1.29, 1.82) is 0 Å². The molecule has 0 spiro atoms. The zero-order valence-corrected chi connectivity index (χ0v) is 16.3. The molecule has 9 nitrogen and oxygen atoms in total. The lowest BCUT2D eigenvalue weighted by Crippen LogP contribution is -2.24. The molecule has 3 aromatic rings. The van der Waals surface area contributed by atoms with E-state index in [0.29, 0.717) is 30.0 Å². The van der Waals surface area contributed by atoms with Gasteiger partial charge in [-0.3, -0.25) is 24.3 Å². The average Bonchev–Trinajstić information content (AvgIpc) is 3.10. The first-order valence-electron chi connectivity index (χ1n) is 8.81. The molecule has 1 amide bonds. The predicted octanol–water partition coefficient (Wildman–Crippen LogP) is 2.43. The normalized spacial score (nSPS) is 10.9. The fraction of sp³-hybridized carbons (Fsp3) is 0.316. The van der Waals surface area contributed by atoms with Crippen molar-refractivity contribution in [3.63, 3.8) is 0 Å². The summed E-state index contributed by atoms with van der Waals surface area (Å²) >= 11 is 0. The smallest absolute Gasteiger partial charge is 0.312 e. The minimum Gasteiger partial charge on any atom is -0.346 e. The van der Waals surface area contributed by atoms with Crippen LogP contribution in [-0.4, -0.2) is 30.4 Å². The Balaban J connectivity index is 1.66. The fourth-order valence-electron chi connectivity index (χ4n) is 3.14. The Morgan fingerprint density at radius 3 is 2.39 bits per heavy atom. The summed E-state index contributed by atoms with van der Waals surface area (Å²) in [6.45, 7) is 6.00. The van der Waals surface area contributed by atoms with Crippen LogP contribution < -0.4 is 5.32 Å². The van der Waals surface area contributed by atoms with Crippen molar-refractivity contribution >= 4 is 11.6 Å². The van der Waals surface area contributed by atoms with Gasteiger partial charge < -0.3 is 5.32 Å². The first-order valence-corrected chi connectivity index (χ1v) is 8.81. The van der Waals surface area contributed by atoms with Crippen LogP contribution in [0.25, 0.3) is 0 Å². The first-order chi connectivity index (χ1) is 13.3. The molecule has 0 aliphatic heterocycles. The van der Waals surface area contributed by atoms with Crippen molar-refractivity contribution in [2.45, 2.75) is 33.9 Å². The van der Waals surface area contributed by atoms with Crippen LogP contribution in [-0.2, 0) is 20.1 Å². The lowest BCUT2D eigenvalue weighted by atomic mass is 10.1. The number of aryl methyl sites for hydroxylation is 3. The third-order valence-corrected chi connectivity index (χ3v) is 4.60. The van der Waals surface area contributed by atoms with Gasteiger partial charge in [0.1, 0.15) is 11.4 Å². The third kappa shape index (κ3) is 3.93. The van der Waals surface area contributed by atoms with E-state index in [1.165, 1.54) is 0 Å². The van der Waals surface area contributed by atoms with Gasteiger partial charge in [0.25, 0.3) is 5.91 Å². The maximum atomic E-state index is 12.3. The summed E-state index contributed by atoms with van der Waals surface area (Å²) in [5, 5.41) is 22.5. The molecule has 0 radical (unpaired) electrons. The van der Waals surface area contributed by atoms with Gasteiger partial charge in [0.15, 0.2) is 0 Å². The summed E-state index contributed by atoms with van der Waals surface area (Å²) in [6, 6.07) is 9.05. The van der Waals surface area contributed by atoms with Gasteiger partial charge in [-0.2, -0.15) is 10.2 Å². The Hall–Kier alpha value is -3.49. The molecule has 146 valence electrons. The number of nitrogens with zero attached hydrogens (tertiary/aromatic N) is 5. The van der Waals surface area contributed by atoms with E-state index in [1.54, 1.807) is 35.3 Å². The van der Waals surface area contributed by atoms with Crippen molar-refractivity contribution in [2.24, 2.45) is 7.05 Å². The Bertz CT molecular complexity index is 1030. The molecular formula is C19H22N6O3. The molecule has 0 saturated heterocycles. The number of hydrogen-bond acceptors (Lipinski definition) is 5. The van der Waals surface area contributed by atoms with Gasteiger partial charge in [-0.15, -0.1) is 0 Å². The van der Waals surface area contributed by atoms with Crippen LogP contribution in [0.2, 0.25) is 0 Å². The summed E-state index contributed by atoms with van der Waals surface area (Å²) in [5.74, 6) is -0.174. The number of benzene rings is 1. The van der Waals surface area contributed by atoms with Crippen molar-refractivity contribution in [2.75, 3.05) is 0 Å². The second-order valence-corrected chi connectivity index (χ2v) is 6.71. The van der Waals surface area contributed by atoms with E-state index in [1.807, 2.05) is 32.2 Å². The standard InChI is InChI=1S/C19H22N6O3/c1-12-9-17(23(4)21-12)10-20-19(26)16-7-5-15(6-8-16)11-24-14(3)18(25(27)28)13(2)22-24/h5-9H,10-11H2,1-4H3,(H,20,26). The van der Waals surface area contributed by atoms with E-state index < -0.39 is 4.92 Å². The zero-order valence-electron chi connectivity index (χ0n) is 16.3. The number of carbonyl (C=O) groups excluding carboxylic acids is 1. The van der Waals surface area contributed by atoms with Gasteiger partial charge >= 0.3 is 5.69 Å². The number of nitrogens with one attached hydrogen (secondary N) is 1. The zero-order chi connectivity index (χ0) is 20.4. The lowest BCUT2D eigenvalue weighted by Gasteiger charge is -2.07. The van der Waals surface area contributed by atoms with E-state index in [-0.39, 0.29) is 11.6 Å². The molecule has 0 aliphatic rings. The summed E-state index contributed by atoms with van der Waals surface area (Å²) in [5.41, 5.74) is 4.22. The van der Waals surface area contributed by atoms with Crippen molar-refractivity contribution < 1.29 is 9.72 Å². The van der Waals surface area contributed by atoms with Crippen LogP contribution in [0.3, 0.4) is 0 Å². The van der Waals surface area contributed by atoms with Gasteiger partial charge in [-0.1, -0.05) is 12.1 Å². The van der Waals surface area contributed by atoms with Crippen LogP contribution in [0.1, 0.15) is 38.7 Å². The predicted molar refractivity (Wildman–Crippen MR) is 103 cm³/mol. The molecule has 0 atom stereocenters. The van der Waals surface area contributed by atoms with Crippen LogP contribution in [0.15, 0.2) is 30.3 Å². The molecule has 0 bridgehead atoms. The molecule has 0 unspecified atom stereocenters. The molecule has 28 heavy (non-hydrogen) atoms. The number of rotatable bonds is 6. The van der Waals surface area contributed by atoms with Crippen molar-refractivity contribution in [1.82, 2.24) is 24.9 Å². The first kappa shape index (κ1) is 19.3. The van der Waals surface area contributed by atoms with Crippen LogP contribution in [0.4, 0.5) is 5.69 Å². The largest absolute Gasteiger partial charge is 0.346 e. The monoisotopic (exact) mass is 382 g/mol. The molecule has 2 heterocycles. The Morgan fingerprint density at radius 1 is 1.18 bits per heavy atom. The lowest BCUT2D eigenvalue weighted by molar-refractivity contribution is -0.386. The Morgan fingerprint density at radius 2 is 1.86 bits per heavy atom. The van der Waals surface area contributed by atoms with Gasteiger partial charge in [-0.25, -0.2) is 0 Å². The molecule has 9 heteroatoms. The molecule has 1 aromatic carbocycles. The summed E-state index contributed by atoms with van der Waals surface area (Å²) in [6.07, 6.45) is 0. The van der Waals surface area contributed by atoms with E-state index in [9.17, 15) is 14.9 Å². The maximum absolute atomic E-state index is 12.3. The van der Waals surface area contributed by atoms with E-state index >= 15 is 0 Å². The highest BCUT2D eigenvalue weighted by molar-refractivity contribution is 5.94. The van der Waals surface area contributed by atoms with Crippen LogP contribution in [0, 0.1) is 30.9 Å². The fourth-order valence-corrected chi connectivity index (χ4v) is 3.14. The number of hydrogen-bond donors (Lipinski definition) is 1. The highest BCUT2D eigenvalue weighted by Crippen LogP contribution is 2.22. The Labute approximate surface area is 162 Å². The van der Waals surface area contributed by atoms with Crippen molar-refractivity contribution in [3.05, 3.63) is 74.3 Å². The summed E-state index contributed by atoms with van der Waals surface area (Å²) < 4.78 is 3.35. The molecule has 2 aromatic heterocycles. The minimum absolute atomic E-state index is 0.0430. The van der Waals surface area contributed by atoms with E-state index in [0.717, 1.165) is 17.0 Å². The van der Waals surface area contributed by atoms with Gasteiger partial charge in [0.05, 0.1) is 29.4 Å². The van der Waals surface area contributed by atoms with Gasteiger partial charge in [0.2, 0.25) is 0 Å². The molecule has 0 aliphatic carbocycles. The van der Waals surface area contributed by atoms with Crippen molar-refractivity contribution in [3.8, 4) is 0 Å². The molecule has 1 N–H and O–H groups in total. The minimum atomic E-state index is -0.411. The Kier molecular flexibility index (Phi) is 5.25. The highest BCUT2D eigenvalue weighted by Gasteiger charge is 2.21. The highest BCUT2D eigenvalue weighted by atomic mass is 16.6. The quantitative estimate of drug-likeness (QED) is 0.520. The SMILES string of the molecule is Cc1cc(CNC(=O)c2ccc(Cn3nc(C)c([N+](=O)[O-])c3C)cc2)n(C)n1. The summed E-state index contributed by atoms with van der Waals surface area (Å²) in [4.78, 5) is 23.1. The van der Waals surface area contributed by atoms with Crippen LogP contribution in [0.5, 0.6) is 0 Å². The maximum Gasteiger partial charge on any atom is 0.312 e. The number of nitro groups is 1. The van der Waals surface area contributed by atoms with E-state index in [2.05, 4.69) is 15.5 Å². The number of carbonyl (C=O) groups is 1. The number of aromatic nitrogens is 4. The average molecular weight is 382 g/mol. The topological polar surface area (TPSA) is 108 Å². The van der Waals surface area contributed by atoms with E-state index in [4.69, 9.17) is 0 Å². The molecule has 3 rings (SSSR count). The summed E-state index contributed by atoms with van der Waals surface area (Å²) in [7, 11) is 1.84. The second kappa shape index (κ2) is 7.63. The molecule has 0 fully saturated rings. The second-order valence-electron chi connectivity index (χ2n) is 6.71. The van der Waals surface area contributed by atoms with Crippen LogP contribution >= 0.6 is 0 Å². The van der Waals surface area contributed by atoms with Gasteiger partial charge in [-0.05, 0) is 44.5 Å². The number of amides is 1.